The molecule has 3 amide bonds. The maximum Gasteiger partial charge on any atom is 0.411 e. The van der Waals surface area contributed by atoms with Gasteiger partial charge in [-0.2, -0.15) is 26.3 Å². The Morgan fingerprint density at radius 3 is 1.43 bits per heavy atom. The molecule has 12 heteroatoms. The summed E-state index contributed by atoms with van der Waals surface area (Å²) in [4.78, 5) is 36.9. The Labute approximate surface area is 193 Å². The summed E-state index contributed by atoms with van der Waals surface area (Å²) in [6.45, 7) is 0. The van der Waals surface area contributed by atoms with Crippen LogP contribution < -0.4 is 9.80 Å². The molecule has 0 fully saturated rings. The van der Waals surface area contributed by atoms with Crippen molar-refractivity contribution >= 4 is 29.1 Å². The third-order valence-electron chi connectivity index (χ3n) is 5.71. The molecule has 2 aromatic carbocycles. The molecule has 0 aromatic heterocycles. The Hall–Kier alpha value is -3.93. The summed E-state index contributed by atoms with van der Waals surface area (Å²) >= 11 is 0. The number of hydrogen-bond acceptors (Lipinski definition) is 4. The van der Waals surface area contributed by atoms with Gasteiger partial charge in [0.25, 0.3) is 17.7 Å². The number of benzene rings is 2. The van der Waals surface area contributed by atoms with Gasteiger partial charge in [0.1, 0.15) is 0 Å². The van der Waals surface area contributed by atoms with E-state index < -0.39 is 52.8 Å². The molecule has 2 aliphatic rings. The zero-order valence-electron chi connectivity index (χ0n) is 17.3. The van der Waals surface area contributed by atoms with Gasteiger partial charge >= 0.3 is 12.4 Å². The number of aliphatic hydroxyl groups excluding tert-OH is 1. The fourth-order valence-corrected chi connectivity index (χ4v) is 4.11. The Balaban J connectivity index is 1.83. The molecule has 0 bridgehead atoms. The minimum atomic E-state index is -5.86. The van der Waals surface area contributed by atoms with E-state index in [-0.39, 0.29) is 11.4 Å². The largest absolute Gasteiger partial charge is 0.411 e. The molecule has 1 atom stereocenters. The lowest BCUT2D eigenvalue weighted by atomic mass is 9.73. The highest BCUT2D eigenvalue weighted by Gasteiger charge is 2.72. The number of carbonyl (C=O) groups excluding carboxylic acids is 3. The highest BCUT2D eigenvalue weighted by Crippen LogP contribution is 2.56. The highest BCUT2D eigenvalue weighted by molar-refractivity contribution is 6.28. The van der Waals surface area contributed by atoms with E-state index in [4.69, 9.17) is 0 Å². The van der Waals surface area contributed by atoms with Crippen LogP contribution in [-0.4, -0.2) is 41.4 Å². The summed E-state index contributed by atoms with van der Waals surface area (Å²) in [5, 5.41) is 9.83. The molecule has 4 rings (SSSR count). The van der Waals surface area contributed by atoms with Gasteiger partial charge in [0.15, 0.2) is 6.23 Å². The molecule has 0 saturated heterocycles. The molecule has 0 saturated carbocycles. The Morgan fingerprint density at radius 1 is 0.629 bits per heavy atom. The fourth-order valence-electron chi connectivity index (χ4n) is 4.11. The van der Waals surface area contributed by atoms with Crippen LogP contribution in [0.15, 0.2) is 72.8 Å². The van der Waals surface area contributed by atoms with Crippen LogP contribution in [0.4, 0.5) is 37.7 Å². The normalized spacial score (nSPS) is 18.8. The quantitative estimate of drug-likeness (QED) is 0.517. The summed E-state index contributed by atoms with van der Waals surface area (Å²) in [7, 11) is 0. The number of carbonyl (C=O) groups is 3. The van der Waals surface area contributed by atoms with Crippen LogP contribution in [0, 0.1) is 0 Å². The third-order valence-corrected chi connectivity index (χ3v) is 5.71. The summed E-state index contributed by atoms with van der Waals surface area (Å²) in [5.74, 6) is -2.27. The second-order valence-electron chi connectivity index (χ2n) is 7.67. The van der Waals surface area contributed by atoms with Crippen molar-refractivity contribution in [2.24, 2.45) is 0 Å². The van der Waals surface area contributed by atoms with Crippen LogP contribution in [0.3, 0.4) is 0 Å². The lowest BCUT2D eigenvalue weighted by molar-refractivity contribution is -0.288. The van der Waals surface area contributed by atoms with Crippen molar-refractivity contribution in [1.29, 1.82) is 0 Å². The second kappa shape index (κ2) is 8.08. The number of nitrogens with zero attached hydrogens (tertiary/aromatic N) is 2. The van der Waals surface area contributed by atoms with Crippen LogP contribution in [0.1, 0.15) is 11.1 Å². The van der Waals surface area contributed by atoms with E-state index in [1.165, 1.54) is 0 Å². The van der Waals surface area contributed by atoms with Crippen molar-refractivity contribution in [3.63, 3.8) is 0 Å². The van der Waals surface area contributed by atoms with Gasteiger partial charge in [-0.05, 0) is 41.5 Å². The number of anilines is 2. The maximum atomic E-state index is 14.3. The van der Waals surface area contributed by atoms with Crippen molar-refractivity contribution < 1.29 is 45.8 Å². The van der Waals surface area contributed by atoms with E-state index in [9.17, 15) is 45.8 Å². The maximum absolute atomic E-state index is 14.3. The average Bonchev–Trinajstić information content (AvgIpc) is 3.28. The molecule has 2 heterocycles. The first-order valence-electron chi connectivity index (χ1n) is 9.89. The van der Waals surface area contributed by atoms with Crippen molar-refractivity contribution in [3.05, 3.63) is 84.0 Å². The molecule has 2 aliphatic heterocycles. The van der Waals surface area contributed by atoms with Gasteiger partial charge in [0.05, 0.1) is 5.69 Å². The minimum absolute atomic E-state index is 0.108. The second-order valence-corrected chi connectivity index (χ2v) is 7.67. The minimum Gasteiger partial charge on any atom is -0.369 e. The molecule has 2 aromatic rings. The van der Waals surface area contributed by atoms with Gasteiger partial charge in [-0.15, -0.1) is 0 Å². The van der Waals surface area contributed by atoms with Crippen LogP contribution >= 0.6 is 0 Å². The van der Waals surface area contributed by atoms with Crippen LogP contribution in [-0.2, 0) is 19.8 Å². The topological polar surface area (TPSA) is 77.9 Å². The monoisotopic (exact) mass is 496 g/mol. The van der Waals surface area contributed by atoms with Crippen LogP contribution in [0.25, 0.3) is 0 Å². The smallest absolute Gasteiger partial charge is 0.369 e. The van der Waals surface area contributed by atoms with Crippen LogP contribution in [0.5, 0.6) is 0 Å². The number of amides is 3. The van der Waals surface area contributed by atoms with E-state index in [1.807, 2.05) is 0 Å². The Bertz CT molecular complexity index is 1210. The van der Waals surface area contributed by atoms with Gasteiger partial charge < -0.3 is 5.11 Å². The number of aliphatic hydroxyl groups is 1. The molecule has 0 spiro atoms. The van der Waals surface area contributed by atoms with Crippen molar-refractivity contribution in [3.8, 4) is 0 Å². The molecular weight excluding hydrogens is 482 g/mol. The Morgan fingerprint density at radius 2 is 1.06 bits per heavy atom. The van der Waals surface area contributed by atoms with E-state index in [1.54, 1.807) is 0 Å². The van der Waals surface area contributed by atoms with Crippen molar-refractivity contribution in [1.82, 2.24) is 0 Å². The number of hydrogen-bond donors (Lipinski definition) is 1. The zero-order chi connectivity index (χ0) is 25.8. The Kier molecular flexibility index (Phi) is 5.59. The zero-order valence-corrected chi connectivity index (χ0v) is 17.3. The first-order chi connectivity index (χ1) is 16.3. The molecule has 0 radical (unpaired) electrons. The van der Waals surface area contributed by atoms with Gasteiger partial charge in [0.2, 0.25) is 5.41 Å². The lowest BCUT2D eigenvalue weighted by Gasteiger charge is -2.38. The lowest BCUT2D eigenvalue weighted by Crippen LogP contribution is -2.54. The predicted octanol–water partition coefficient (Wildman–Crippen LogP) is 3.75. The van der Waals surface area contributed by atoms with Gasteiger partial charge in [-0.25, -0.2) is 4.90 Å². The summed E-state index contributed by atoms with van der Waals surface area (Å²) in [6.07, 6.45) is -9.17. The SMILES string of the molecule is O=C1C=CC(=O)N1c1ccc(C(c2ccc(N3C(=O)C=CC3O)cc2)(C(F)(F)F)C(F)(F)F)cc1. The number of rotatable bonds is 4. The summed E-state index contributed by atoms with van der Waals surface area (Å²) in [6, 6.07) is 5.67. The first kappa shape index (κ1) is 24.2. The van der Waals surface area contributed by atoms with Gasteiger partial charge in [-0.1, -0.05) is 24.3 Å². The highest BCUT2D eigenvalue weighted by atomic mass is 19.4. The van der Waals surface area contributed by atoms with Gasteiger partial charge in [-0.3, -0.25) is 19.3 Å². The summed E-state index contributed by atoms with van der Waals surface area (Å²) < 4.78 is 86.0. The van der Waals surface area contributed by atoms with E-state index in [0.717, 1.165) is 53.5 Å². The predicted molar refractivity (Wildman–Crippen MR) is 110 cm³/mol. The molecule has 35 heavy (non-hydrogen) atoms. The average molecular weight is 496 g/mol. The molecule has 1 N–H and O–H groups in total. The van der Waals surface area contributed by atoms with E-state index in [0.29, 0.717) is 29.2 Å². The molecule has 6 nitrogen and oxygen atoms in total. The number of alkyl halides is 6. The van der Waals surface area contributed by atoms with Gasteiger partial charge in [0, 0.05) is 23.9 Å². The van der Waals surface area contributed by atoms with E-state index in [2.05, 4.69) is 0 Å². The molecule has 1 unspecified atom stereocenters. The standard InChI is InChI=1S/C23H14F6N2O4/c24-22(25,26)21(23(27,28)29,13-1-5-15(6-2-13)30-17(32)9-10-18(30)33)14-3-7-16(8-4-14)31-19(34)11-12-20(31)35/h1-12,17,32H. The van der Waals surface area contributed by atoms with Crippen LogP contribution in [0.2, 0.25) is 0 Å². The third kappa shape index (κ3) is 3.70. The first-order valence-corrected chi connectivity index (χ1v) is 9.89. The van der Waals surface area contributed by atoms with Crippen molar-refractivity contribution in [2.45, 2.75) is 24.0 Å². The fraction of sp³-hybridized carbons (Fsp3) is 0.174. The molecular formula is C23H14F6N2O4. The van der Waals surface area contributed by atoms with Crippen molar-refractivity contribution in [2.75, 3.05) is 9.80 Å². The molecule has 182 valence electrons. The molecule has 0 aliphatic carbocycles. The summed E-state index contributed by atoms with van der Waals surface area (Å²) in [5.41, 5.74) is -7.15. The number of imide groups is 1. The number of halogens is 6. The van der Waals surface area contributed by atoms with E-state index >= 15 is 0 Å².